The van der Waals surface area contributed by atoms with Crippen LogP contribution in [0.25, 0.3) is 34.3 Å². The third kappa shape index (κ3) is 2.85. The maximum Gasteiger partial charge on any atom is 0.180 e. The van der Waals surface area contributed by atoms with Gasteiger partial charge in [-0.3, -0.25) is 4.98 Å². The molecule has 0 radical (unpaired) electrons. The Hall–Kier alpha value is -3.54. The van der Waals surface area contributed by atoms with E-state index in [1.54, 1.807) is 12.3 Å². The van der Waals surface area contributed by atoms with Gasteiger partial charge in [0.25, 0.3) is 0 Å². The molecular weight excluding hydrogens is 314 g/mol. The lowest BCUT2D eigenvalue weighted by Gasteiger charge is -2.09. The number of nitrogens with zero attached hydrogens (tertiary/aromatic N) is 5. The molecule has 1 aromatic carbocycles. The van der Waals surface area contributed by atoms with Gasteiger partial charge >= 0.3 is 0 Å². The van der Waals surface area contributed by atoms with E-state index >= 15 is 0 Å². The first-order valence-corrected chi connectivity index (χ1v) is 7.79. The van der Waals surface area contributed by atoms with Gasteiger partial charge in [0.05, 0.1) is 17.5 Å². The van der Waals surface area contributed by atoms with E-state index in [9.17, 15) is 5.11 Å². The van der Waals surface area contributed by atoms with Crippen LogP contribution in [-0.2, 0) is 7.05 Å². The Morgan fingerprint density at radius 3 is 2.32 bits per heavy atom. The Kier molecular flexibility index (Phi) is 3.70. The lowest BCUT2D eigenvalue weighted by Crippen LogP contribution is -2.02. The van der Waals surface area contributed by atoms with Crippen LogP contribution in [-0.4, -0.2) is 29.6 Å². The zero-order valence-electron chi connectivity index (χ0n) is 13.5. The molecular formula is C19H15N5O. The van der Waals surface area contributed by atoms with Crippen molar-refractivity contribution >= 4 is 0 Å². The molecule has 0 aliphatic rings. The highest BCUT2D eigenvalue weighted by molar-refractivity contribution is 5.68. The summed E-state index contributed by atoms with van der Waals surface area (Å²) in [6.45, 7) is 0. The van der Waals surface area contributed by atoms with Crippen LogP contribution in [0.2, 0.25) is 0 Å². The third-order valence-electron chi connectivity index (χ3n) is 3.88. The van der Waals surface area contributed by atoms with Crippen molar-refractivity contribution in [2.45, 2.75) is 0 Å². The largest absolute Gasteiger partial charge is 0.506 e. The zero-order chi connectivity index (χ0) is 17.2. The molecule has 4 rings (SSSR count). The van der Waals surface area contributed by atoms with Crippen molar-refractivity contribution in [3.05, 3.63) is 67.1 Å². The molecule has 3 aromatic heterocycles. The number of benzene rings is 1. The summed E-state index contributed by atoms with van der Waals surface area (Å²) in [7, 11) is 1.94. The van der Waals surface area contributed by atoms with Gasteiger partial charge in [-0.15, -0.1) is 0 Å². The van der Waals surface area contributed by atoms with Crippen molar-refractivity contribution in [1.29, 1.82) is 0 Å². The summed E-state index contributed by atoms with van der Waals surface area (Å²) in [5.41, 5.74) is 2.27. The van der Waals surface area contributed by atoms with E-state index in [-0.39, 0.29) is 5.75 Å². The summed E-state index contributed by atoms with van der Waals surface area (Å²) >= 11 is 0. The standard InChI is InChI=1S/C19H15N5O/c1-24-11-5-8-15(24)19-22-17(13-6-3-2-4-7-13)21-18(23-19)14-9-10-20-12-16(14)25/h2-12,25H,1H3. The SMILES string of the molecule is Cn1cccc1-c1nc(-c2ccccc2)nc(-c2ccncc2O)n1. The molecule has 3 heterocycles. The number of rotatable bonds is 3. The molecule has 4 aromatic rings. The van der Waals surface area contributed by atoms with Gasteiger partial charge in [0.1, 0.15) is 5.75 Å². The second-order valence-electron chi connectivity index (χ2n) is 5.57. The highest BCUT2D eigenvalue weighted by atomic mass is 16.3. The third-order valence-corrected chi connectivity index (χ3v) is 3.88. The lowest BCUT2D eigenvalue weighted by molar-refractivity contribution is 0.474. The van der Waals surface area contributed by atoms with Gasteiger partial charge < -0.3 is 9.67 Å². The fourth-order valence-corrected chi connectivity index (χ4v) is 2.60. The average molecular weight is 329 g/mol. The molecule has 25 heavy (non-hydrogen) atoms. The monoisotopic (exact) mass is 329 g/mol. The fraction of sp³-hybridized carbons (Fsp3) is 0.0526. The molecule has 0 bridgehead atoms. The number of hydrogen-bond donors (Lipinski definition) is 1. The van der Waals surface area contributed by atoms with E-state index in [2.05, 4.69) is 19.9 Å². The van der Waals surface area contributed by atoms with Crippen LogP contribution in [0.4, 0.5) is 0 Å². The van der Waals surface area contributed by atoms with Gasteiger partial charge in [-0.05, 0) is 18.2 Å². The van der Waals surface area contributed by atoms with Gasteiger partial charge in [-0.25, -0.2) is 15.0 Å². The predicted octanol–water partition coefficient (Wildman–Crippen LogP) is 3.31. The first kappa shape index (κ1) is 15.0. The molecule has 6 heteroatoms. The topological polar surface area (TPSA) is 76.7 Å². The molecule has 0 saturated heterocycles. The first-order valence-electron chi connectivity index (χ1n) is 7.79. The quantitative estimate of drug-likeness (QED) is 0.624. The van der Waals surface area contributed by atoms with Crippen molar-refractivity contribution in [3.8, 4) is 40.0 Å². The molecule has 0 aliphatic heterocycles. The summed E-state index contributed by atoms with van der Waals surface area (Å²) in [6, 6.07) is 15.3. The minimum absolute atomic E-state index is 0.0329. The van der Waals surface area contributed by atoms with Gasteiger partial charge in [0, 0.05) is 25.0 Å². The van der Waals surface area contributed by atoms with Gasteiger partial charge in [0.15, 0.2) is 17.5 Å². The molecule has 0 saturated carbocycles. The predicted molar refractivity (Wildman–Crippen MR) is 94.6 cm³/mol. The molecule has 122 valence electrons. The molecule has 6 nitrogen and oxygen atoms in total. The van der Waals surface area contributed by atoms with E-state index in [4.69, 9.17) is 0 Å². The molecule has 0 fully saturated rings. The van der Waals surface area contributed by atoms with Crippen LogP contribution in [0.1, 0.15) is 0 Å². The normalized spacial score (nSPS) is 10.8. The van der Waals surface area contributed by atoms with Crippen LogP contribution in [0.15, 0.2) is 67.1 Å². The Bertz CT molecular complexity index is 1030. The van der Waals surface area contributed by atoms with Crippen LogP contribution >= 0.6 is 0 Å². The number of aromatic hydroxyl groups is 1. The zero-order valence-corrected chi connectivity index (χ0v) is 13.5. The van der Waals surface area contributed by atoms with Crippen LogP contribution in [0.5, 0.6) is 5.75 Å². The average Bonchev–Trinajstić information content (AvgIpc) is 3.08. The second kappa shape index (κ2) is 6.16. The van der Waals surface area contributed by atoms with Crippen LogP contribution < -0.4 is 0 Å². The van der Waals surface area contributed by atoms with Gasteiger partial charge in [-0.1, -0.05) is 30.3 Å². The highest BCUT2D eigenvalue weighted by Crippen LogP contribution is 2.28. The van der Waals surface area contributed by atoms with Crippen LogP contribution in [0.3, 0.4) is 0 Å². The smallest absolute Gasteiger partial charge is 0.180 e. The van der Waals surface area contributed by atoms with E-state index in [1.807, 2.05) is 60.3 Å². The first-order chi connectivity index (χ1) is 12.2. The summed E-state index contributed by atoms with van der Waals surface area (Å²) < 4.78 is 1.94. The van der Waals surface area contributed by atoms with Crippen molar-refractivity contribution in [2.75, 3.05) is 0 Å². The van der Waals surface area contributed by atoms with E-state index in [1.165, 1.54) is 6.20 Å². The van der Waals surface area contributed by atoms with Crippen molar-refractivity contribution in [2.24, 2.45) is 7.05 Å². The minimum atomic E-state index is 0.0329. The van der Waals surface area contributed by atoms with Crippen molar-refractivity contribution in [3.63, 3.8) is 0 Å². The summed E-state index contributed by atoms with van der Waals surface area (Å²) in [5, 5.41) is 10.1. The summed E-state index contributed by atoms with van der Waals surface area (Å²) in [4.78, 5) is 17.7. The number of aromatic nitrogens is 5. The molecule has 0 atom stereocenters. The number of pyridine rings is 1. The fourth-order valence-electron chi connectivity index (χ4n) is 2.60. The highest BCUT2D eigenvalue weighted by Gasteiger charge is 2.15. The Morgan fingerprint density at radius 1 is 0.840 bits per heavy atom. The minimum Gasteiger partial charge on any atom is -0.506 e. The van der Waals surface area contributed by atoms with Crippen LogP contribution in [0, 0.1) is 0 Å². The molecule has 0 amide bonds. The molecule has 0 spiro atoms. The number of hydrogen-bond acceptors (Lipinski definition) is 5. The maximum atomic E-state index is 10.1. The second-order valence-corrected chi connectivity index (χ2v) is 5.57. The van der Waals surface area contributed by atoms with Crippen molar-refractivity contribution in [1.82, 2.24) is 24.5 Å². The summed E-state index contributed by atoms with van der Waals surface area (Å²) in [6.07, 6.45) is 4.91. The van der Waals surface area contributed by atoms with Gasteiger partial charge in [-0.2, -0.15) is 0 Å². The molecule has 0 aliphatic carbocycles. The van der Waals surface area contributed by atoms with Gasteiger partial charge in [0.2, 0.25) is 0 Å². The van der Waals surface area contributed by atoms with E-state index < -0.39 is 0 Å². The molecule has 1 N–H and O–H groups in total. The summed E-state index contributed by atoms with van der Waals surface area (Å²) in [5.74, 6) is 1.54. The molecule has 0 unspecified atom stereocenters. The van der Waals surface area contributed by atoms with E-state index in [0.29, 0.717) is 23.0 Å². The Morgan fingerprint density at radius 2 is 1.60 bits per heavy atom. The Labute approximate surface area is 144 Å². The number of aryl methyl sites for hydroxylation is 1. The maximum absolute atomic E-state index is 10.1. The van der Waals surface area contributed by atoms with Crippen molar-refractivity contribution < 1.29 is 5.11 Å². The van der Waals surface area contributed by atoms with E-state index in [0.717, 1.165) is 11.3 Å². The lowest BCUT2D eigenvalue weighted by atomic mass is 10.2. The Balaban J connectivity index is 1.96.